The van der Waals surface area contributed by atoms with Gasteiger partial charge in [-0.2, -0.15) is 18.3 Å². The molecule has 0 saturated carbocycles. The number of hydrogen-bond acceptors (Lipinski definition) is 7. The van der Waals surface area contributed by atoms with Crippen molar-refractivity contribution in [3.8, 4) is 28.7 Å². The summed E-state index contributed by atoms with van der Waals surface area (Å²) in [5.41, 5.74) is 5.33. The second-order valence-electron chi connectivity index (χ2n) is 10.4. The zero-order valence-corrected chi connectivity index (χ0v) is 23.3. The first-order valence-corrected chi connectivity index (χ1v) is 13.6. The summed E-state index contributed by atoms with van der Waals surface area (Å²) < 4.78 is 106. The molecule has 1 aliphatic carbocycles. The second kappa shape index (κ2) is 11.1. The molecule has 2 aliphatic rings. The van der Waals surface area contributed by atoms with Crippen LogP contribution in [0.25, 0.3) is 5.69 Å². The van der Waals surface area contributed by atoms with Crippen LogP contribution in [-0.4, -0.2) is 27.1 Å². The van der Waals surface area contributed by atoms with E-state index >= 15 is 0 Å². The van der Waals surface area contributed by atoms with Crippen molar-refractivity contribution in [1.29, 1.82) is 0 Å². The Labute approximate surface area is 251 Å². The molecule has 1 aromatic heterocycles. The molecule has 45 heavy (non-hydrogen) atoms. The molecule has 0 amide bonds. The van der Waals surface area contributed by atoms with Gasteiger partial charge in [-0.1, -0.05) is 23.4 Å². The van der Waals surface area contributed by atoms with E-state index in [1.165, 1.54) is 49.4 Å². The number of oxime groups is 1. The number of alkyl halides is 5. The number of fused-ring (bicyclic) bond motifs is 2. The molecular formula is C30H24F6N4O5. The number of ether oxygens (including phenoxy) is 4. The monoisotopic (exact) mass is 634 g/mol. The summed E-state index contributed by atoms with van der Waals surface area (Å²) in [5.74, 6) is -1.65. The Bertz CT molecular complexity index is 1790. The van der Waals surface area contributed by atoms with E-state index in [4.69, 9.17) is 15.2 Å². The molecule has 15 heteroatoms. The summed E-state index contributed by atoms with van der Waals surface area (Å²) in [4.78, 5) is 0. The lowest BCUT2D eigenvalue weighted by molar-refractivity contribution is -0.286. The fraction of sp³-hybridized carbons (Fsp3) is 0.267. The summed E-state index contributed by atoms with van der Waals surface area (Å²) in [7, 11) is 0. The lowest BCUT2D eigenvalue weighted by Crippen LogP contribution is -2.25. The van der Waals surface area contributed by atoms with Crippen LogP contribution in [0.3, 0.4) is 0 Å². The van der Waals surface area contributed by atoms with Crippen LogP contribution < -0.4 is 24.7 Å². The normalized spacial score (nSPS) is 17.9. The summed E-state index contributed by atoms with van der Waals surface area (Å²) in [6.45, 7) is 1.53. The third-order valence-corrected chi connectivity index (χ3v) is 7.39. The Balaban J connectivity index is 1.37. The highest BCUT2D eigenvalue weighted by molar-refractivity contribution is 5.99. The standard InChI is InChI=1S/C30H24F6N4O5/c1-15(16-9-12-22-25(13-16)45-30(35,36)44-22)42-24-14-17(10-11-20(24)31)40-26-19(27(38-40)29(32,33)34)6-4-8-23(26)43-21-7-3-2-5-18(21)28(37)39-41/h2-3,5,7,9-15,23,41H,4,6,8H2,1H3,(H2,37,39)/t15-,23-/m0/s1. The summed E-state index contributed by atoms with van der Waals surface area (Å²) in [6, 6.07) is 13.7. The number of aromatic nitrogens is 2. The van der Waals surface area contributed by atoms with Crippen LogP contribution in [0.5, 0.6) is 23.0 Å². The predicted molar refractivity (Wildman–Crippen MR) is 145 cm³/mol. The molecule has 0 bridgehead atoms. The SMILES string of the molecule is C[C@H](Oc1cc(-n2nc(C(F)(F)F)c3c2[C@@H](Oc2ccccc2/C(N)=N\O)CCC3)ccc1F)c1ccc2c(c1)OC(F)(F)O2. The Kier molecular flexibility index (Phi) is 7.41. The van der Waals surface area contributed by atoms with Crippen LogP contribution in [0.1, 0.15) is 60.1 Å². The quantitative estimate of drug-likeness (QED) is 0.0737. The Morgan fingerprint density at radius 3 is 2.60 bits per heavy atom. The molecular weight excluding hydrogens is 610 g/mol. The van der Waals surface area contributed by atoms with Crippen molar-refractivity contribution >= 4 is 5.84 Å². The highest BCUT2D eigenvalue weighted by Crippen LogP contribution is 2.44. The molecule has 2 heterocycles. The average molecular weight is 635 g/mol. The van der Waals surface area contributed by atoms with Gasteiger partial charge in [0.05, 0.1) is 16.9 Å². The molecule has 4 aromatic rings. The first-order chi connectivity index (χ1) is 21.3. The fourth-order valence-electron chi connectivity index (χ4n) is 5.36. The fourth-order valence-corrected chi connectivity index (χ4v) is 5.36. The van der Waals surface area contributed by atoms with Crippen LogP contribution in [0.15, 0.2) is 65.8 Å². The smallest absolute Gasteiger partial charge is 0.483 e. The van der Waals surface area contributed by atoms with Crippen LogP contribution in [-0.2, 0) is 12.6 Å². The van der Waals surface area contributed by atoms with E-state index < -0.39 is 36.2 Å². The first-order valence-electron chi connectivity index (χ1n) is 13.6. The summed E-state index contributed by atoms with van der Waals surface area (Å²) >= 11 is 0. The van der Waals surface area contributed by atoms with Crippen LogP contribution in [0.4, 0.5) is 26.3 Å². The third kappa shape index (κ3) is 5.77. The minimum absolute atomic E-state index is 0.0518. The van der Waals surface area contributed by atoms with E-state index in [9.17, 15) is 31.5 Å². The van der Waals surface area contributed by atoms with Gasteiger partial charge in [0, 0.05) is 11.6 Å². The Hall–Kier alpha value is -5.08. The van der Waals surface area contributed by atoms with Gasteiger partial charge in [-0.05, 0) is 68.1 Å². The maximum atomic E-state index is 15.0. The number of benzene rings is 3. The van der Waals surface area contributed by atoms with Crippen LogP contribution in [0, 0.1) is 5.82 Å². The molecule has 0 radical (unpaired) electrons. The van der Waals surface area contributed by atoms with Gasteiger partial charge in [-0.3, -0.25) is 0 Å². The van der Waals surface area contributed by atoms with Gasteiger partial charge >= 0.3 is 12.5 Å². The number of nitrogens with two attached hydrogens (primary N) is 1. The van der Waals surface area contributed by atoms with Crippen molar-refractivity contribution in [2.24, 2.45) is 10.9 Å². The number of amidine groups is 1. The molecule has 0 fully saturated rings. The highest BCUT2D eigenvalue weighted by Gasteiger charge is 2.44. The van der Waals surface area contributed by atoms with Gasteiger partial charge in [0.25, 0.3) is 0 Å². The molecule has 0 spiro atoms. The zero-order valence-electron chi connectivity index (χ0n) is 23.3. The number of halogens is 6. The maximum Gasteiger partial charge on any atom is 0.586 e. The van der Waals surface area contributed by atoms with Crippen molar-refractivity contribution in [3.05, 3.63) is 94.6 Å². The zero-order chi connectivity index (χ0) is 32.1. The van der Waals surface area contributed by atoms with Gasteiger partial charge in [-0.15, -0.1) is 8.78 Å². The number of para-hydroxylation sites is 1. The van der Waals surface area contributed by atoms with E-state index in [2.05, 4.69) is 19.7 Å². The van der Waals surface area contributed by atoms with E-state index in [1.807, 2.05) is 0 Å². The van der Waals surface area contributed by atoms with E-state index in [0.29, 0.717) is 18.4 Å². The largest absolute Gasteiger partial charge is 0.586 e. The van der Waals surface area contributed by atoms with E-state index in [0.717, 1.165) is 10.7 Å². The molecule has 6 rings (SSSR count). The van der Waals surface area contributed by atoms with Gasteiger partial charge in [0.1, 0.15) is 18.0 Å². The van der Waals surface area contributed by atoms with Crippen molar-refractivity contribution in [1.82, 2.24) is 9.78 Å². The van der Waals surface area contributed by atoms with E-state index in [-0.39, 0.29) is 57.8 Å². The maximum absolute atomic E-state index is 15.0. The topological polar surface area (TPSA) is 113 Å². The first kappa shape index (κ1) is 30.0. The molecule has 3 aromatic carbocycles. The minimum Gasteiger partial charge on any atom is -0.483 e. The van der Waals surface area contributed by atoms with Crippen molar-refractivity contribution in [2.45, 2.75) is 50.9 Å². The van der Waals surface area contributed by atoms with Crippen molar-refractivity contribution in [2.75, 3.05) is 0 Å². The number of rotatable bonds is 7. The van der Waals surface area contributed by atoms with Crippen molar-refractivity contribution < 1.29 is 50.5 Å². The Morgan fingerprint density at radius 2 is 1.84 bits per heavy atom. The van der Waals surface area contributed by atoms with Crippen molar-refractivity contribution in [3.63, 3.8) is 0 Å². The predicted octanol–water partition coefficient (Wildman–Crippen LogP) is 7.04. The molecule has 1 aliphatic heterocycles. The summed E-state index contributed by atoms with van der Waals surface area (Å²) in [6.07, 6.45) is -9.73. The molecule has 3 N–H and O–H groups in total. The molecule has 0 saturated heterocycles. The van der Waals surface area contributed by atoms with Gasteiger partial charge < -0.3 is 29.9 Å². The van der Waals surface area contributed by atoms with Gasteiger partial charge in [0.2, 0.25) is 0 Å². The lowest BCUT2D eigenvalue weighted by atomic mass is 9.92. The van der Waals surface area contributed by atoms with Gasteiger partial charge in [-0.25, -0.2) is 9.07 Å². The van der Waals surface area contributed by atoms with E-state index in [1.54, 1.807) is 12.1 Å². The summed E-state index contributed by atoms with van der Waals surface area (Å²) in [5, 5.41) is 16.1. The van der Waals surface area contributed by atoms with Gasteiger partial charge in [0.15, 0.2) is 34.6 Å². The van der Waals surface area contributed by atoms with Crippen LogP contribution >= 0.6 is 0 Å². The van der Waals surface area contributed by atoms with Crippen LogP contribution in [0.2, 0.25) is 0 Å². The highest BCUT2D eigenvalue weighted by atomic mass is 19.4. The minimum atomic E-state index is -4.80. The Morgan fingerprint density at radius 1 is 1.09 bits per heavy atom. The number of hydrogen-bond donors (Lipinski definition) is 2. The third-order valence-electron chi connectivity index (χ3n) is 7.39. The molecule has 236 valence electrons. The molecule has 2 atom stereocenters. The molecule has 0 unspecified atom stereocenters. The number of nitrogens with zero attached hydrogens (tertiary/aromatic N) is 3. The lowest BCUT2D eigenvalue weighted by Gasteiger charge is -2.26. The second-order valence-corrected chi connectivity index (χ2v) is 10.4. The average Bonchev–Trinajstić information content (AvgIpc) is 3.55. The molecule has 9 nitrogen and oxygen atoms in total.